The van der Waals surface area contributed by atoms with E-state index in [1.165, 1.54) is 0 Å². The number of nitrogens with one attached hydrogen (secondary N) is 2. The van der Waals surface area contributed by atoms with Gasteiger partial charge in [0.15, 0.2) is 0 Å². The largest absolute Gasteiger partial charge is 0.396 e. The summed E-state index contributed by atoms with van der Waals surface area (Å²) < 4.78 is 0.993. The lowest BCUT2D eigenvalue weighted by molar-refractivity contribution is 0.218. The molecule has 0 saturated carbocycles. The summed E-state index contributed by atoms with van der Waals surface area (Å²) >= 11 is 3.44. The minimum Gasteiger partial charge on any atom is -0.396 e. The van der Waals surface area contributed by atoms with Crippen LogP contribution in [0.1, 0.15) is 45.6 Å². The van der Waals surface area contributed by atoms with Crippen molar-refractivity contribution in [2.75, 3.05) is 11.9 Å². The fourth-order valence-corrected chi connectivity index (χ4v) is 2.31. The Balaban J connectivity index is 2.81. The number of halogens is 1. The Hall–Kier alpha value is -1.07. The summed E-state index contributed by atoms with van der Waals surface area (Å²) in [6, 6.07) is 5.55. The number of carbonyl (C=O) groups is 1. The third-order valence-corrected chi connectivity index (χ3v) is 3.57. The van der Waals surface area contributed by atoms with Gasteiger partial charge in [-0.25, -0.2) is 4.79 Å². The molecular formula is C15H23BrN2O2. The van der Waals surface area contributed by atoms with Crippen molar-refractivity contribution in [2.24, 2.45) is 0 Å². The van der Waals surface area contributed by atoms with Crippen LogP contribution in [0.2, 0.25) is 0 Å². The molecule has 0 radical (unpaired) electrons. The molecule has 3 N–H and O–H groups in total. The van der Waals surface area contributed by atoms with Gasteiger partial charge in [-0.2, -0.15) is 0 Å². The molecule has 0 atom stereocenters. The van der Waals surface area contributed by atoms with Gasteiger partial charge in [0.05, 0.1) is 0 Å². The standard InChI is InChI=1S/C15H23BrN2O2/c1-10(2)12-9-11(16)5-6-13(12)17-14(20)18-15(3,4)7-8-19/h5-6,9-10,19H,7-8H2,1-4H3,(H2,17,18,20). The topological polar surface area (TPSA) is 61.4 Å². The number of anilines is 1. The van der Waals surface area contributed by atoms with Gasteiger partial charge in [-0.1, -0.05) is 29.8 Å². The van der Waals surface area contributed by atoms with E-state index < -0.39 is 5.54 Å². The molecule has 0 fully saturated rings. The highest BCUT2D eigenvalue weighted by Gasteiger charge is 2.20. The van der Waals surface area contributed by atoms with E-state index in [1.54, 1.807) is 0 Å². The Labute approximate surface area is 129 Å². The summed E-state index contributed by atoms with van der Waals surface area (Å²) in [6.45, 7) is 7.98. The lowest BCUT2D eigenvalue weighted by atomic mass is 10.0. The van der Waals surface area contributed by atoms with Gasteiger partial charge in [-0.15, -0.1) is 0 Å². The fraction of sp³-hybridized carbons (Fsp3) is 0.533. The van der Waals surface area contributed by atoms with E-state index in [4.69, 9.17) is 5.11 Å². The molecule has 4 nitrogen and oxygen atoms in total. The number of amides is 2. The van der Waals surface area contributed by atoms with E-state index in [-0.39, 0.29) is 12.6 Å². The van der Waals surface area contributed by atoms with Gasteiger partial charge in [0.2, 0.25) is 0 Å². The Morgan fingerprint density at radius 1 is 1.40 bits per heavy atom. The Morgan fingerprint density at radius 2 is 2.05 bits per heavy atom. The fourth-order valence-electron chi connectivity index (χ4n) is 1.93. The Morgan fingerprint density at radius 3 is 2.60 bits per heavy atom. The van der Waals surface area contributed by atoms with Crippen LogP contribution in [0.3, 0.4) is 0 Å². The van der Waals surface area contributed by atoms with Crippen molar-refractivity contribution in [3.63, 3.8) is 0 Å². The smallest absolute Gasteiger partial charge is 0.319 e. The molecule has 2 amide bonds. The molecule has 0 aliphatic heterocycles. The number of urea groups is 1. The van der Waals surface area contributed by atoms with Gasteiger partial charge >= 0.3 is 6.03 Å². The molecule has 20 heavy (non-hydrogen) atoms. The second kappa shape index (κ2) is 7.09. The van der Waals surface area contributed by atoms with Gasteiger partial charge in [-0.05, 0) is 49.9 Å². The number of rotatable bonds is 5. The highest BCUT2D eigenvalue weighted by Crippen LogP contribution is 2.27. The molecule has 5 heteroatoms. The predicted molar refractivity (Wildman–Crippen MR) is 86.2 cm³/mol. The van der Waals surface area contributed by atoms with Crippen molar-refractivity contribution < 1.29 is 9.90 Å². The van der Waals surface area contributed by atoms with Crippen LogP contribution < -0.4 is 10.6 Å². The number of hydrogen-bond donors (Lipinski definition) is 3. The van der Waals surface area contributed by atoms with Crippen LogP contribution in [0.25, 0.3) is 0 Å². The van der Waals surface area contributed by atoms with Crippen molar-refractivity contribution in [3.8, 4) is 0 Å². The number of aliphatic hydroxyl groups is 1. The monoisotopic (exact) mass is 342 g/mol. The number of hydrogen-bond acceptors (Lipinski definition) is 2. The average molecular weight is 343 g/mol. The molecule has 1 aromatic rings. The third-order valence-electron chi connectivity index (χ3n) is 3.07. The molecule has 0 aliphatic rings. The number of carbonyl (C=O) groups excluding carboxylic acids is 1. The van der Waals surface area contributed by atoms with Crippen molar-refractivity contribution >= 4 is 27.6 Å². The van der Waals surface area contributed by atoms with Crippen LogP contribution in [0.15, 0.2) is 22.7 Å². The first-order chi connectivity index (χ1) is 9.25. The molecule has 1 rings (SSSR count). The van der Waals surface area contributed by atoms with Gasteiger partial charge < -0.3 is 15.7 Å². The lowest BCUT2D eigenvalue weighted by Gasteiger charge is -2.26. The summed E-state index contributed by atoms with van der Waals surface area (Å²) in [7, 11) is 0. The molecule has 0 saturated heterocycles. The number of aliphatic hydroxyl groups excluding tert-OH is 1. The molecule has 112 valence electrons. The Bertz CT molecular complexity index is 473. The van der Waals surface area contributed by atoms with Crippen molar-refractivity contribution in [1.82, 2.24) is 5.32 Å². The second-order valence-corrected chi connectivity index (χ2v) is 6.74. The zero-order valence-electron chi connectivity index (χ0n) is 12.5. The first-order valence-electron chi connectivity index (χ1n) is 6.74. The van der Waals surface area contributed by atoms with E-state index in [9.17, 15) is 4.79 Å². The second-order valence-electron chi connectivity index (χ2n) is 5.82. The minimum absolute atomic E-state index is 0.0445. The average Bonchev–Trinajstić information content (AvgIpc) is 2.30. The summed E-state index contributed by atoms with van der Waals surface area (Å²) in [6.07, 6.45) is 0.512. The molecule has 0 aliphatic carbocycles. The summed E-state index contributed by atoms with van der Waals surface area (Å²) in [5, 5.41) is 14.7. The molecule has 1 aromatic carbocycles. The molecule has 0 unspecified atom stereocenters. The van der Waals surface area contributed by atoms with E-state index in [2.05, 4.69) is 40.4 Å². The van der Waals surface area contributed by atoms with Gasteiger partial charge in [0.1, 0.15) is 0 Å². The molecular weight excluding hydrogens is 320 g/mol. The maximum absolute atomic E-state index is 12.0. The normalized spacial score (nSPS) is 11.6. The van der Waals surface area contributed by atoms with Crippen LogP contribution in [0.4, 0.5) is 10.5 Å². The Kier molecular flexibility index (Phi) is 6.02. The van der Waals surface area contributed by atoms with Crippen LogP contribution in [0, 0.1) is 0 Å². The van der Waals surface area contributed by atoms with E-state index in [0.717, 1.165) is 15.7 Å². The highest BCUT2D eigenvalue weighted by atomic mass is 79.9. The van der Waals surface area contributed by atoms with Gasteiger partial charge in [-0.3, -0.25) is 0 Å². The van der Waals surface area contributed by atoms with Crippen molar-refractivity contribution in [2.45, 2.75) is 45.6 Å². The summed E-state index contributed by atoms with van der Waals surface area (Å²) in [4.78, 5) is 12.0. The van der Waals surface area contributed by atoms with Crippen LogP contribution in [-0.2, 0) is 0 Å². The van der Waals surface area contributed by atoms with Crippen LogP contribution >= 0.6 is 15.9 Å². The summed E-state index contributed by atoms with van der Waals surface area (Å²) in [5.74, 6) is 0.313. The molecule has 0 bridgehead atoms. The zero-order chi connectivity index (χ0) is 15.3. The third kappa shape index (κ3) is 5.13. The quantitative estimate of drug-likeness (QED) is 0.760. The zero-order valence-corrected chi connectivity index (χ0v) is 14.0. The van der Waals surface area contributed by atoms with Crippen molar-refractivity contribution in [1.29, 1.82) is 0 Å². The molecule has 0 aromatic heterocycles. The van der Waals surface area contributed by atoms with Crippen molar-refractivity contribution in [3.05, 3.63) is 28.2 Å². The summed E-state index contributed by atoms with van der Waals surface area (Å²) in [5.41, 5.74) is 1.45. The van der Waals surface area contributed by atoms with Crippen LogP contribution in [0.5, 0.6) is 0 Å². The van der Waals surface area contributed by atoms with Crippen LogP contribution in [-0.4, -0.2) is 23.3 Å². The SMILES string of the molecule is CC(C)c1cc(Br)ccc1NC(=O)NC(C)(C)CCO. The number of benzene rings is 1. The van der Waals surface area contributed by atoms with Gasteiger partial charge in [0.25, 0.3) is 0 Å². The van der Waals surface area contributed by atoms with E-state index in [1.807, 2.05) is 32.0 Å². The lowest BCUT2D eigenvalue weighted by Crippen LogP contribution is -2.46. The highest BCUT2D eigenvalue weighted by molar-refractivity contribution is 9.10. The van der Waals surface area contributed by atoms with E-state index in [0.29, 0.717) is 12.3 Å². The first-order valence-corrected chi connectivity index (χ1v) is 7.54. The van der Waals surface area contributed by atoms with Gasteiger partial charge in [0, 0.05) is 22.3 Å². The molecule has 0 heterocycles. The maximum atomic E-state index is 12.0. The minimum atomic E-state index is -0.438. The first kappa shape index (κ1) is 17.0. The molecule has 0 spiro atoms. The predicted octanol–water partition coefficient (Wildman–Crippen LogP) is 3.86. The maximum Gasteiger partial charge on any atom is 0.319 e. The van der Waals surface area contributed by atoms with E-state index >= 15 is 0 Å².